The van der Waals surface area contributed by atoms with Crippen molar-refractivity contribution in [2.75, 3.05) is 6.54 Å². The van der Waals surface area contributed by atoms with Gasteiger partial charge in [-0.1, -0.05) is 0 Å². The first-order chi connectivity index (χ1) is 11.0. The van der Waals surface area contributed by atoms with Crippen LogP contribution in [0.1, 0.15) is 24.2 Å². The van der Waals surface area contributed by atoms with E-state index in [9.17, 15) is 9.59 Å². The largest absolute Gasteiger partial charge is 0.356 e. The summed E-state index contributed by atoms with van der Waals surface area (Å²) in [5.41, 5.74) is 2.03. The summed E-state index contributed by atoms with van der Waals surface area (Å²) in [5, 5.41) is 7.26. The molecule has 2 aromatic heterocycles. The smallest absolute Gasteiger partial charge is 0.250 e. The first-order valence-corrected chi connectivity index (χ1v) is 8.39. The highest BCUT2D eigenvalue weighted by Crippen LogP contribution is 2.05. The lowest BCUT2D eigenvalue weighted by Crippen LogP contribution is -2.28. The molecule has 2 heterocycles. The number of nitrogens with one attached hydrogen (secondary N) is 1. The Morgan fingerprint density at radius 2 is 2.09 bits per heavy atom. The second kappa shape index (κ2) is 8.10. The van der Waals surface area contributed by atoms with Crippen LogP contribution in [-0.2, 0) is 17.9 Å². The van der Waals surface area contributed by atoms with Gasteiger partial charge in [0, 0.05) is 48.5 Å². The molecule has 6 nitrogen and oxygen atoms in total. The van der Waals surface area contributed by atoms with Crippen LogP contribution in [0.3, 0.4) is 0 Å². The summed E-state index contributed by atoms with van der Waals surface area (Å²) in [6.45, 7) is 5.75. The number of rotatable bonds is 7. The predicted molar refractivity (Wildman–Crippen MR) is 92.3 cm³/mol. The lowest BCUT2D eigenvalue weighted by molar-refractivity contribution is -0.121. The zero-order valence-corrected chi connectivity index (χ0v) is 15.0. The lowest BCUT2D eigenvalue weighted by Gasteiger charge is -2.08. The van der Waals surface area contributed by atoms with E-state index in [0.717, 1.165) is 28.8 Å². The van der Waals surface area contributed by atoms with Gasteiger partial charge in [-0.2, -0.15) is 5.10 Å². The van der Waals surface area contributed by atoms with Crippen molar-refractivity contribution in [3.8, 4) is 0 Å². The molecule has 0 unspecified atom stereocenters. The molecule has 0 aliphatic heterocycles. The van der Waals surface area contributed by atoms with Crippen LogP contribution in [0.4, 0.5) is 0 Å². The standard InChI is InChI=1S/C16H21BrN4O2/c1-12-10-13(2)21(19-12)8-3-7-18-15(22)6-9-20-11-14(17)4-5-16(20)23/h4-5,10-11H,3,6-9H2,1-2H3,(H,18,22). The van der Waals surface area contributed by atoms with E-state index in [1.54, 1.807) is 12.3 Å². The van der Waals surface area contributed by atoms with Crippen molar-refractivity contribution < 1.29 is 4.79 Å². The van der Waals surface area contributed by atoms with Crippen LogP contribution in [-0.4, -0.2) is 26.8 Å². The molecule has 0 radical (unpaired) electrons. The predicted octanol–water partition coefficient (Wildman–Crippen LogP) is 2.02. The Morgan fingerprint density at radius 3 is 2.78 bits per heavy atom. The molecule has 1 N–H and O–H groups in total. The van der Waals surface area contributed by atoms with Crippen LogP contribution in [0.25, 0.3) is 0 Å². The number of carbonyl (C=O) groups excluding carboxylic acids is 1. The van der Waals surface area contributed by atoms with E-state index in [0.29, 0.717) is 13.1 Å². The first kappa shape index (κ1) is 17.5. The van der Waals surface area contributed by atoms with Crippen molar-refractivity contribution >= 4 is 21.8 Å². The van der Waals surface area contributed by atoms with Crippen LogP contribution in [0.15, 0.2) is 33.7 Å². The molecule has 0 aromatic carbocycles. The van der Waals surface area contributed by atoms with Gasteiger partial charge in [0.15, 0.2) is 0 Å². The molecule has 0 spiro atoms. The molecule has 2 rings (SSSR count). The normalized spacial score (nSPS) is 10.7. The molecule has 124 valence electrons. The fourth-order valence-corrected chi connectivity index (χ4v) is 2.72. The Morgan fingerprint density at radius 1 is 1.30 bits per heavy atom. The maximum absolute atomic E-state index is 11.8. The number of halogens is 1. The van der Waals surface area contributed by atoms with E-state index in [1.807, 2.05) is 24.6 Å². The van der Waals surface area contributed by atoms with E-state index in [-0.39, 0.29) is 17.9 Å². The van der Waals surface area contributed by atoms with Gasteiger partial charge in [-0.15, -0.1) is 0 Å². The van der Waals surface area contributed by atoms with Crippen molar-refractivity contribution in [2.24, 2.45) is 0 Å². The second-order valence-corrected chi connectivity index (χ2v) is 6.40. The summed E-state index contributed by atoms with van der Waals surface area (Å²) in [6, 6.07) is 5.21. The highest BCUT2D eigenvalue weighted by atomic mass is 79.9. The number of pyridine rings is 1. The average Bonchev–Trinajstić information content (AvgIpc) is 2.82. The van der Waals surface area contributed by atoms with E-state index >= 15 is 0 Å². The number of aryl methyl sites for hydroxylation is 4. The van der Waals surface area contributed by atoms with Crippen molar-refractivity contribution in [3.63, 3.8) is 0 Å². The third-order valence-corrected chi connectivity index (χ3v) is 3.97. The lowest BCUT2D eigenvalue weighted by atomic mass is 10.3. The number of amides is 1. The van der Waals surface area contributed by atoms with Crippen LogP contribution in [0.2, 0.25) is 0 Å². The summed E-state index contributed by atoms with van der Waals surface area (Å²) >= 11 is 3.32. The molecule has 23 heavy (non-hydrogen) atoms. The summed E-state index contributed by atoms with van der Waals surface area (Å²) in [5.74, 6) is -0.0507. The SMILES string of the molecule is Cc1cc(C)n(CCCNC(=O)CCn2cc(Br)ccc2=O)n1. The average molecular weight is 381 g/mol. The van der Waals surface area contributed by atoms with E-state index in [2.05, 4.69) is 26.3 Å². The Balaban J connectivity index is 1.70. The van der Waals surface area contributed by atoms with Gasteiger partial charge >= 0.3 is 0 Å². The van der Waals surface area contributed by atoms with Gasteiger partial charge < -0.3 is 9.88 Å². The summed E-state index contributed by atoms with van der Waals surface area (Å²) in [4.78, 5) is 23.5. The zero-order chi connectivity index (χ0) is 16.8. The highest BCUT2D eigenvalue weighted by molar-refractivity contribution is 9.10. The van der Waals surface area contributed by atoms with Gasteiger partial charge in [0.05, 0.1) is 5.69 Å². The van der Waals surface area contributed by atoms with Crippen molar-refractivity contribution in [1.29, 1.82) is 0 Å². The number of hydrogen-bond donors (Lipinski definition) is 1. The second-order valence-electron chi connectivity index (χ2n) is 5.48. The number of hydrogen-bond acceptors (Lipinski definition) is 3. The first-order valence-electron chi connectivity index (χ1n) is 7.59. The molecule has 2 aromatic rings. The third kappa shape index (κ3) is 5.35. The van der Waals surface area contributed by atoms with Crippen molar-refractivity contribution in [2.45, 2.75) is 39.8 Å². The number of nitrogens with zero attached hydrogens (tertiary/aromatic N) is 3. The third-order valence-electron chi connectivity index (χ3n) is 3.50. The van der Waals surface area contributed by atoms with Gasteiger partial charge in [0.25, 0.3) is 5.56 Å². The molecular formula is C16H21BrN4O2. The molecule has 0 aliphatic rings. The van der Waals surface area contributed by atoms with Crippen LogP contribution < -0.4 is 10.9 Å². The van der Waals surface area contributed by atoms with E-state index < -0.39 is 0 Å². The quantitative estimate of drug-likeness (QED) is 0.747. The maximum atomic E-state index is 11.8. The van der Waals surface area contributed by atoms with Crippen molar-refractivity contribution in [1.82, 2.24) is 19.7 Å². The molecule has 0 fully saturated rings. The molecule has 0 bridgehead atoms. The summed E-state index contributed by atoms with van der Waals surface area (Å²) in [6.07, 6.45) is 2.80. The minimum absolute atomic E-state index is 0.0507. The molecular weight excluding hydrogens is 360 g/mol. The Labute approximate surface area is 143 Å². The minimum Gasteiger partial charge on any atom is -0.356 e. The zero-order valence-electron chi connectivity index (χ0n) is 13.4. The Bertz CT molecular complexity index is 736. The molecule has 0 saturated carbocycles. The summed E-state index contributed by atoms with van der Waals surface area (Å²) in [7, 11) is 0. The van der Waals surface area contributed by atoms with Gasteiger partial charge in [0.1, 0.15) is 0 Å². The molecule has 0 saturated heterocycles. The van der Waals surface area contributed by atoms with E-state index in [1.165, 1.54) is 10.6 Å². The van der Waals surface area contributed by atoms with Gasteiger partial charge in [0.2, 0.25) is 5.91 Å². The fraction of sp³-hybridized carbons (Fsp3) is 0.438. The number of carbonyl (C=O) groups is 1. The Kier molecular flexibility index (Phi) is 6.15. The van der Waals surface area contributed by atoms with E-state index in [4.69, 9.17) is 0 Å². The van der Waals surface area contributed by atoms with Gasteiger partial charge in [-0.05, 0) is 48.3 Å². The minimum atomic E-state index is -0.106. The topological polar surface area (TPSA) is 68.9 Å². The molecule has 0 atom stereocenters. The molecule has 1 amide bonds. The molecule has 7 heteroatoms. The van der Waals surface area contributed by atoms with Crippen LogP contribution >= 0.6 is 15.9 Å². The molecule has 0 aliphatic carbocycles. The fourth-order valence-electron chi connectivity index (χ4n) is 2.35. The maximum Gasteiger partial charge on any atom is 0.250 e. The van der Waals surface area contributed by atoms with Crippen LogP contribution in [0, 0.1) is 13.8 Å². The van der Waals surface area contributed by atoms with Gasteiger partial charge in [-0.25, -0.2) is 0 Å². The number of aromatic nitrogens is 3. The van der Waals surface area contributed by atoms with Crippen LogP contribution in [0.5, 0.6) is 0 Å². The Hall–Kier alpha value is -1.89. The monoisotopic (exact) mass is 380 g/mol. The van der Waals surface area contributed by atoms with Gasteiger partial charge in [-0.3, -0.25) is 14.3 Å². The van der Waals surface area contributed by atoms with Crippen molar-refractivity contribution in [3.05, 3.63) is 50.6 Å². The highest BCUT2D eigenvalue weighted by Gasteiger charge is 2.04. The summed E-state index contributed by atoms with van der Waals surface area (Å²) < 4.78 is 4.30.